The predicted molar refractivity (Wildman–Crippen MR) is 8.78 cm³/mol. The molecule has 0 aromatic carbocycles. The van der Waals surface area contributed by atoms with Gasteiger partial charge in [0.25, 0.3) is 5.09 Å². The van der Waals surface area contributed by atoms with Gasteiger partial charge in [0.15, 0.2) is 0 Å². The normalized spacial score (nSPS) is 3.43. The summed E-state index contributed by atoms with van der Waals surface area (Å²) in [4.78, 5) is 8.36. The van der Waals surface area contributed by atoms with Crippen molar-refractivity contribution in [3.05, 3.63) is 10.1 Å². The van der Waals surface area contributed by atoms with E-state index in [4.69, 9.17) is 15.3 Å². The summed E-state index contributed by atoms with van der Waals surface area (Å²) < 4.78 is 0. The van der Waals surface area contributed by atoms with Crippen LogP contribution in [0.15, 0.2) is 0 Å². The average molecular weight is 498 g/mol. The zero-order valence-corrected chi connectivity index (χ0v) is 10.9. The Bertz CT molecular complexity index is 37.9. The van der Waals surface area contributed by atoms with Crippen LogP contribution in [0.3, 0.4) is 0 Å². The Morgan fingerprint density at radius 2 is 1.57 bits per heavy atom. The Morgan fingerprint density at radius 3 is 1.57 bits per heavy atom. The molecule has 0 aromatic heterocycles. The van der Waals surface area contributed by atoms with Crippen LogP contribution in [0.5, 0.6) is 0 Å². The second-order valence-electron chi connectivity index (χ2n) is 0.238. The third kappa shape index (κ3) is 95.8. The second kappa shape index (κ2) is 15.6. The molecule has 0 aliphatic heterocycles. The first-order valence-electron chi connectivity index (χ1n) is 0.565. The molecule has 0 saturated carbocycles. The third-order valence-corrected chi connectivity index (χ3v) is 0. The summed E-state index contributed by atoms with van der Waals surface area (Å²) in [6, 6.07) is 0. The van der Waals surface area contributed by atoms with Crippen LogP contribution in [0.4, 0.5) is 0 Å². The topological polar surface area (TPSA) is 63.4 Å². The summed E-state index contributed by atoms with van der Waals surface area (Å²) >= 11 is 0. The SMILES string of the molecule is O=[N+]([O-])O.[Mo].[Ru].[U]. The first-order chi connectivity index (χ1) is 1.73. The van der Waals surface area contributed by atoms with Crippen molar-refractivity contribution in [3.63, 3.8) is 0 Å². The van der Waals surface area contributed by atoms with Gasteiger partial charge < -0.3 is 5.21 Å². The molecule has 0 rings (SSSR count). The molecule has 0 aromatic rings. The molecule has 7 heteroatoms. The van der Waals surface area contributed by atoms with Gasteiger partial charge in [0, 0.05) is 71.7 Å². The van der Waals surface area contributed by atoms with Crippen molar-refractivity contribution in [2.24, 2.45) is 0 Å². The van der Waals surface area contributed by atoms with E-state index in [9.17, 15) is 0 Å². The number of rotatable bonds is 0. The van der Waals surface area contributed by atoms with Crippen LogP contribution in [0.1, 0.15) is 0 Å². The summed E-state index contributed by atoms with van der Waals surface area (Å²) in [5, 5.41) is 13.6. The first-order valence-corrected chi connectivity index (χ1v) is 0.565. The van der Waals surface area contributed by atoms with Gasteiger partial charge in [-0.1, -0.05) is 0 Å². The molecule has 0 aliphatic rings. The van der Waals surface area contributed by atoms with Gasteiger partial charge in [0.2, 0.25) is 0 Å². The fourth-order valence-corrected chi connectivity index (χ4v) is 0. The van der Waals surface area contributed by atoms with Crippen molar-refractivity contribution in [1.29, 1.82) is 0 Å². The zero-order valence-electron chi connectivity index (χ0n) is 2.97. The van der Waals surface area contributed by atoms with Crippen LogP contribution in [-0.4, -0.2) is 10.3 Å². The first kappa shape index (κ1) is 23.5. The molecule has 0 heterocycles. The molecule has 0 unspecified atom stereocenters. The fourth-order valence-electron chi connectivity index (χ4n) is 0. The molecule has 0 atom stereocenters. The van der Waals surface area contributed by atoms with Gasteiger partial charge in [-0.15, -0.1) is 10.1 Å². The molecule has 0 saturated heterocycles. The van der Waals surface area contributed by atoms with E-state index in [1.807, 2.05) is 0 Å². The van der Waals surface area contributed by atoms with Gasteiger partial charge in [-0.2, -0.15) is 0 Å². The van der Waals surface area contributed by atoms with Crippen molar-refractivity contribution in [3.8, 4) is 0 Å². The second-order valence-corrected chi connectivity index (χ2v) is 0.238. The largest absolute Gasteiger partial charge is 0.328 e. The summed E-state index contributed by atoms with van der Waals surface area (Å²) in [5.74, 6) is 0. The van der Waals surface area contributed by atoms with Crippen LogP contribution in [0, 0.1) is 41.2 Å². The van der Waals surface area contributed by atoms with Crippen molar-refractivity contribution in [1.82, 2.24) is 0 Å². The van der Waals surface area contributed by atoms with Gasteiger partial charge in [-0.05, 0) is 0 Å². The molecule has 0 spiro atoms. The molecular formula is HMoNO3RuU. The third-order valence-electron chi connectivity index (χ3n) is 0. The van der Waals surface area contributed by atoms with E-state index in [2.05, 4.69) is 0 Å². The van der Waals surface area contributed by atoms with Crippen molar-refractivity contribution in [2.45, 2.75) is 0 Å². The van der Waals surface area contributed by atoms with E-state index in [-0.39, 0.29) is 71.7 Å². The number of hydrogen-bond donors (Lipinski definition) is 1. The van der Waals surface area contributed by atoms with Crippen LogP contribution in [0.25, 0.3) is 0 Å². The minimum Gasteiger partial charge on any atom is -0.328 e. The van der Waals surface area contributed by atoms with Gasteiger partial charge in [-0.25, -0.2) is 0 Å². The van der Waals surface area contributed by atoms with Crippen molar-refractivity contribution >= 4 is 0 Å². The summed E-state index contributed by atoms with van der Waals surface area (Å²) in [5.41, 5.74) is 0. The Labute approximate surface area is 90.9 Å². The fraction of sp³-hybridized carbons (Fsp3) is 0. The Hall–Kier alpha value is 1.56. The smallest absolute Gasteiger partial charge is 0.291 e. The molecule has 7 heavy (non-hydrogen) atoms. The van der Waals surface area contributed by atoms with Crippen molar-refractivity contribution in [2.75, 3.05) is 0 Å². The molecule has 0 radical (unpaired) electrons. The molecule has 1 N–H and O–H groups in total. The minimum absolute atomic E-state index is 0. The average Bonchev–Trinajstić information content (AvgIpc) is 0.811. The van der Waals surface area contributed by atoms with E-state index in [0.717, 1.165) is 0 Å². The van der Waals surface area contributed by atoms with Crippen LogP contribution in [0.2, 0.25) is 0 Å². The van der Waals surface area contributed by atoms with Crippen LogP contribution in [-0.2, 0) is 40.5 Å². The number of hydrogen-bond acceptors (Lipinski definition) is 2. The van der Waals surface area contributed by atoms with E-state index < -0.39 is 5.09 Å². The predicted octanol–water partition coefficient (Wildman–Crippen LogP) is -0.353. The summed E-state index contributed by atoms with van der Waals surface area (Å²) in [6.07, 6.45) is 0. The van der Waals surface area contributed by atoms with E-state index in [1.54, 1.807) is 0 Å². The molecular weight excluding hydrogens is 497 g/mol. The summed E-state index contributed by atoms with van der Waals surface area (Å²) in [6.45, 7) is 0. The minimum atomic E-state index is -1.50. The molecule has 42 valence electrons. The molecule has 0 amide bonds. The van der Waals surface area contributed by atoms with Crippen LogP contribution >= 0.6 is 0 Å². The van der Waals surface area contributed by atoms with Crippen LogP contribution < -0.4 is 0 Å². The van der Waals surface area contributed by atoms with Gasteiger partial charge in [0.05, 0.1) is 0 Å². The maximum Gasteiger partial charge on any atom is 0.291 e. The standard InChI is InChI=1S/Mo.HNO3.Ru.U/c;2-1(3)4;;/h;(H,2,3,4);;. The molecule has 0 bridgehead atoms. The Kier molecular flexibility index (Phi) is 52.6. The number of nitrogens with zero attached hydrogens (tertiary/aromatic N) is 1. The maximum absolute atomic E-state index is 8.36. The Morgan fingerprint density at radius 1 is 1.57 bits per heavy atom. The monoisotopic (exact) mass is 501 g/mol. The van der Waals surface area contributed by atoms with Gasteiger partial charge >= 0.3 is 0 Å². The van der Waals surface area contributed by atoms with Crippen molar-refractivity contribution < 1.29 is 82.0 Å². The van der Waals surface area contributed by atoms with Gasteiger partial charge in [0.1, 0.15) is 0 Å². The summed E-state index contributed by atoms with van der Waals surface area (Å²) in [7, 11) is 0. The van der Waals surface area contributed by atoms with E-state index in [0.29, 0.717) is 0 Å². The van der Waals surface area contributed by atoms with Gasteiger partial charge in [-0.3, -0.25) is 0 Å². The zero-order chi connectivity index (χ0) is 3.58. The Balaban J connectivity index is -0.0000000150. The molecule has 0 fully saturated rings. The van der Waals surface area contributed by atoms with E-state index in [1.165, 1.54) is 0 Å². The maximum atomic E-state index is 8.36. The molecule has 4 nitrogen and oxygen atoms in total. The van der Waals surface area contributed by atoms with E-state index >= 15 is 0 Å². The quantitative estimate of drug-likeness (QED) is 0.283. The molecule has 0 aliphatic carbocycles.